The lowest BCUT2D eigenvalue weighted by Gasteiger charge is -2.33. The van der Waals surface area contributed by atoms with E-state index >= 15 is 0 Å². The van der Waals surface area contributed by atoms with Crippen molar-refractivity contribution < 1.29 is 0 Å². The maximum Gasteiger partial charge on any atom is 0.170 e. The Morgan fingerprint density at radius 2 is 1.82 bits per heavy atom. The van der Waals surface area contributed by atoms with Crippen LogP contribution in [0.4, 0.5) is 5.69 Å². The molecular formula is C13H21N3S. The van der Waals surface area contributed by atoms with E-state index in [1.54, 1.807) is 0 Å². The molecule has 1 aromatic rings. The van der Waals surface area contributed by atoms with Crippen LogP contribution < -0.4 is 10.6 Å². The number of likely N-dealkylation sites (N-methyl/N-ethyl adjacent to an activating group) is 1. The molecule has 3 nitrogen and oxygen atoms in total. The van der Waals surface area contributed by atoms with E-state index in [1.807, 2.05) is 30.3 Å². The predicted octanol–water partition coefficient (Wildman–Crippen LogP) is 2.31. The normalized spacial score (nSPS) is 11.4. The van der Waals surface area contributed by atoms with Crippen LogP contribution in [0.5, 0.6) is 0 Å². The summed E-state index contributed by atoms with van der Waals surface area (Å²) < 4.78 is 0. The number of anilines is 1. The van der Waals surface area contributed by atoms with Gasteiger partial charge in [-0.15, -0.1) is 0 Å². The number of nitrogens with one attached hydrogen (secondary N) is 2. The van der Waals surface area contributed by atoms with Crippen LogP contribution in [0, 0.1) is 0 Å². The molecule has 0 heterocycles. The van der Waals surface area contributed by atoms with Gasteiger partial charge in [0.2, 0.25) is 0 Å². The van der Waals surface area contributed by atoms with Crippen molar-refractivity contribution in [2.75, 3.05) is 26.0 Å². The molecule has 0 aliphatic rings. The molecule has 1 aromatic carbocycles. The van der Waals surface area contributed by atoms with Crippen molar-refractivity contribution in [3.05, 3.63) is 30.3 Å². The fourth-order valence-electron chi connectivity index (χ4n) is 1.15. The van der Waals surface area contributed by atoms with Gasteiger partial charge in [-0.25, -0.2) is 0 Å². The van der Waals surface area contributed by atoms with E-state index in [1.165, 1.54) is 0 Å². The zero-order chi connectivity index (χ0) is 12.9. The number of benzene rings is 1. The van der Waals surface area contributed by atoms with E-state index < -0.39 is 0 Å². The van der Waals surface area contributed by atoms with E-state index in [4.69, 9.17) is 12.2 Å². The molecule has 0 unspecified atom stereocenters. The lowest BCUT2D eigenvalue weighted by Crippen LogP contribution is -2.48. The first kappa shape index (κ1) is 13.9. The minimum absolute atomic E-state index is 0.0719. The Morgan fingerprint density at radius 3 is 2.35 bits per heavy atom. The van der Waals surface area contributed by atoms with Gasteiger partial charge in [0.25, 0.3) is 0 Å². The van der Waals surface area contributed by atoms with E-state index in [0.29, 0.717) is 5.11 Å². The maximum absolute atomic E-state index is 5.25. The largest absolute Gasteiger partial charge is 0.361 e. The fraction of sp³-hybridized carbons (Fsp3) is 0.462. The second kappa shape index (κ2) is 5.98. The number of thiocarbonyl (C=S) groups is 1. The highest BCUT2D eigenvalue weighted by molar-refractivity contribution is 7.80. The Kier molecular flexibility index (Phi) is 4.90. The molecule has 1 rings (SSSR count). The third-order valence-electron chi connectivity index (χ3n) is 2.92. The van der Waals surface area contributed by atoms with Crippen molar-refractivity contribution in [2.45, 2.75) is 19.4 Å². The van der Waals surface area contributed by atoms with Crippen LogP contribution in [0.1, 0.15) is 13.8 Å². The van der Waals surface area contributed by atoms with Crippen LogP contribution in [0.15, 0.2) is 30.3 Å². The van der Waals surface area contributed by atoms with Crippen LogP contribution >= 0.6 is 12.2 Å². The van der Waals surface area contributed by atoms with Gasteiger partial charge < -0.3 is 15.5 Å². The van der Waals surface area contributed by atoms with Crippen molar-refractivity contribution in [3.63, 3.8) is 0 Å². The molecule has 0 saturated heterocycles. The van der Waals surface area contributed by atoms with Gasteiger partial charge in [-0.3, -0.25) is 0 Å². The van der Waals surface area contributed by atoms with E-state index in [2.05, 4.69) is 43.5 Å². The Bertz CT molecular complexity index is 360. The standard InChI is InChI=1S/C13H21N3S/c1-13(2,16(3)4)10-14-12(17)15-11-8-6-5-7-9-11/h5-9H,10H2,1-4H3,(H2,14,15,17). The first-order chi connectivity index (χ1) is 7.92. The van der Waals surface area contributed by atoms with Crippen LogP contribution in [-0.4, -0.2) is 36.2 Å². The van der Waals surface area contributed by atoms with Gasteiger partial charge >= 0.3 is 0 Å². The maximum atomic E-state index is 5.25. The van der Waals surface area contributed by atoms with E-state index in [9.17, 15) is 0 Å². The van der Waals surface area contributed by atoms with Crippen LogP contribution in [0.25, 0.3) is 0 Å². The summed E-state index contributed by atoms with van der Waals surface area (Å²) in [7, 11) is 4.13. The Morgan fingerprint density at radius 1 is 1.24 bits per heavy atom. The van der Waals surface area contributed by atoms with Gasteiger partial charge in [0, 0.05) is 17.8 Å². The average Bonchev–Trinajstić information content (AvgIpc) is 2.28. The SMILES string of the molecule is CN(C)C(C)(C)CNC(=S)Nc1ccccc1. The van der Waals surface area contributed by atoms with Crippen molar-refractivity contribution in [1.82, 2.24) is 10.2 Å². The zero-order valence-electron chi connectivity index (χ0n) is 10.9. The molecule has 94 valence electrons. The number of hydrogen-bond donors (Lipinski definition) is 2. The smallest absolute Gasteiger partial charge is 0.170 e. The minimum Gasteiger partial charge on any atom is -0.361 e. The summed E-state index contributed by atoms with van der Waals surface area (Å²) in [5, 5.41) is 7.05. The molecule has 17 heavy (non-hydrogen) atoms. The third kappa shape index (κ3) is 4.71. The molecule has 0 bridgehead atoms. The first-order valence-corrected chi connectivity index (χ1v) is 6.10. The van der Waals surface area contributed by atoms with Gasteiger partial charge in [-0.2, -0.15) is 0 Å². The molecule has 2 N–H and O–H groups in total. The highest BCUT2D eigenvalue weighted by atomic mass is 32.1. The first-order valence-electron chi connectivity index (χ1n) is 5.69. The summed E-state index contributed by atoms with van der Waals surface area (Å²) in [6.45, 7) is 5.15. The van der Waals surface area contributed by atoms with Gasteiger partial charge in [-0.1, -0.05) is 18.2 Å². The number of nitrogens with zero attached hydrogens (tertiary/aromatic N) is 1. The Labute approximate surface area is 109 Å². The molecule has 0 atom stereocenters. The van der Waals surface area contributed by atoms with Crippen molar-refractivity contribution >= 4 is 23.0 Å². The Balaban J connectivity index is 2.41. The summed E-state index contributed by atoms with van der Waals surface area (Å²) in [6, 6.07) is 9.93. The topological polar surface area (TPSA) is 27.3 Å². The van der Waals surface area contributed by atoms with Gasteiger partial charge in [0.05, 0.1) is 0 Å². The minimum atomic E-state index is 0.0719. The summed E-state index contributed by atoms with van der Waals surface area (Å²) in [5.41, 5.74) is 1.08. The molecule has 4 heteroatoms. The second-order valence-electron chi connectivity index (χ2n) is 4.88. The highest BCUT2D eigenvalue weighted by Gasteiger charge is 2.20. The molecular weight excluding hydrogens is 230 g/mol. The van der Waals surface area contributed by atoms with Crippen molar-refractivity contribution in [1.29, 1.82) is 0 Å². The van der Waals surface area contributed by atoms with Crippen LogP contribution in [-0.2, 0) is 0 Å². The quantitative estimate of drug-likeness (QED) is 0.803. The van der Waals surface area contributed by atoms with Crippen molar-refractivity contribution in [2.24, 2.45) is 0 Å². The molecule has 0 aromatic heterocycles. The van der Waals surface area contributed by atoms with Crippen LogP contribution in [0.2, 0.25) is 0 Å². The van der Waals surface area contributed by atoms with E-state index in [0.717, 1.165) is 12.2 Å². The Hall–Kier alpha value is -1.13. The zero-order valence-corrected chi connectivity index (χ0v) is 11.8. The molecule has 0 spiro atoms. The third-order valence-corrected chi connectivity index (χ3v) is 3.17. The van der Waals surface area contributed by atoms with E-state index in [-0.39, 0.29) is 5.54 Å². The average molecular weight is 251 g/mol. The summed E-state index contributed by atoms with van der Waals surface area (Å²) >= 11 is 5.25. The van der Waals surface area contributed by atoms with Gasteiger partial charge in [0.1, 0.15) is 0 Å². The molecule has 0 amide bonds. The summed E-state index contributed by atoms with van der Waals surface area (Å²) in [4.78, 5) is 2.17. The summed E-state index contributed by atoms with van der Waals surface area (Å²) in [5.74, 6) is 0. The van der Waals surface area contributed by atoms with Gasteiger partial charge in [0.15, 0.2) is 5.11 Å². The fourth-order valence-corrected chi connectivity index (χ4v) is 1.34. The molecule has 0 radical (unpaired) electrons. The number of hydrogen-bond acceptors (Lipinski definition) is 2. The second-order valence-corrected chi connectivity index (χ2v) is 5.29. The van der Waals surface area contributed by atoms with Gasteiger partial charge in [-0.05, 0) is 52.3 Å². The predicted molar refractivity (Wildman–Crippen MR) is 78.4 cm³/mol. The molecule has 0 aliphatic heterocycles. The summed E-state index contributed by atoms with van der Waals surface area (Å²) in [6.07, 6.45) is 0. The highest BCUT2D eigenvalue weighted by Crippen LogP contribution is 2.08. The number of para-hydroxylation sites is 1. The monoisotopic (exact) mass is 251 g/mol. The lowest BCUT2D eigenvalue weighted by atomic mass is 10.1. The number of rotatable bonds is 4. The lowest BCUT2D eigenvalue weighted by molar-refractivity contribution is 0.198. The van der Waals surface area contributed by atoms with Crippen molar-refractivity contribution in [3.8, 4) is 0 Å². The molecule has 0 saturated carbocycles. The molecule has 0 aliphatic carbocycles. The molecule has 0 fully saturated rings. The van der Waals surface area contributed by atoms with Crippen LogP contribution in [0.3, 0.4) is 0 Å².